The molecule has 2 unspecified atom stereocenters. The van der Waals surface area contributed by atoms with Crippen molar-refractivity contribution in [2.75, 3.05) is 6.67 Å². The Morgan fingerprint density at radius 3 is 2.09 bits per heavy atom. The third-order valence-electron chi connectivity index (χ3n) is 5.31. The quantitative estimate of drug-likeness (QED) is 0.210. The molecule has 0 saturated carbocycles. The van der Waals surface area contributed by atoms with E-state index in [1.807, 2.05) is 71.9 Å². The fraction of sp³-hybridized carbons (Fsp3) is 0.200. The lowest BCUT2D eigenvalue weighted by molar-refractivity contribution is 0.00658. The van der Waals surface area contributed by atoms with Crippen LogP contribution in [0, 0.1) is 0 Å². The minimum absolute atomic E-state index is 0.290. The summed E-state index contributed by atoms with van der Waals surface area (Å²) < 4.78 is 6.30. The van der Waals surface area contributed by atoms with Crippen LogP contribution in [0.1, 0.15) is 22.8 Å². The highest BCUT2D eigenvalue weighted by Crippen LogP contribution is 2.33. The predicted octanol–water partition coefficient (Wildman–Crippen LogP) is 8.37. The summed E-state index contributed by atoms with van der Waals surface area (Å²) in [6.07, 6.45) is 3.59. The number of ether oxygens (including phenoxy) is 1. The van der Waals surface area contributed by atoms with Crippen LogP contribution in [0.15, 0.2) is 79.1 Å². The number of rotatable bonds is 8. The first-order chi connectivity index (χ1) is 15.9. The van der Waals surface area contributed by atoms with Crippen molar-refractivity contribution in [3.05, 3.63) is 116 Å². The van der Waals surface area contributed by atoms with Gasteiger partial charge < -0.3 is 14.5 Å². The average molecular weight is 543 g/mol. The Morgan fingerprint density at radius 2 is 1.42 bits per heavy atom. The van der Waals surface area contributed by atoms with Gasteiger partial charge in [0.05, 0.1) is 13.3 Å². The second-order valence-corrected chi connectivity index (χ2v) is 9.88. The molecule has 0 amide bonds. The zero-order valence-corrected chi connectivity index (χ0v) is 21.3. The van der Waals surface area contributed by atoms with Crippen molar-refractivity contribution in [1.82, 2.24) is 9.80 Å². The third kappa shape index (κ3) is 6.51. The number of halogens is 5. The molecule has 0 saturated heterocycles. The van der Waals surface area contributed by atoms with Crippen LogP contribution in [0.2, 0.25) is 20.1 Å². The van der Waals surface area contributed by atoms with Crippen LogP contribution in [0.4, 0.5) is 0 Å². The molecular weight excluding hydrogens is 522 g/mol. The molecule has 0 aliphatic carbocycles. The van der Waals surface area contributed by atoms with Gasteiger partial charge in [-0.2, -0.15) is 0 Å². The molecule has 0 radical (unpaired) electrons. The molecule has 0 fully saturated rings. The van der Waals surface area contributed by atoms with Crippen LogP contribution in [0.25, 0.3) is 0 Å². The van der Waals surface area contributed by atoms with Crippen LogP contribution in [-0.4, -0.2) is 22.0 Å². The lowest BCUT2D eigenvalue weighted by Gasteiger charge is -2.31. The minimum atomic E-state index is -0.455. The maximum atomic E-state index is 6.97. The van der Waals surface area contributed by atoms with E-state index in [0.29, 0.717) is 28.3 Å². The molecule has 0 spiro atoms. The molecule has 3 nitrogen and oxygen atoms in total. The van der Waals surface area contributed by atoms with Crippen molar-refractivity contribution in [1.29, 1.82) is 0 Å². The fourth-order valence-corrected chi connectivity index (χ4v) is 4.61. The van der Waals surface area contributed by atoms with Gasteiger partial charge in [0.2, 0.25) is 0 Å². The zero-order valence-electron chi connectivity index (χ0n) is 17.5. The van der Waals surface area contributed by atoms with E-state index >= 15 is 0 Å². The highest BCUT2D eigenvalue weighted by molar-refractivity contribution is 6.35. The molecule has 1 heterocycles. The van der Waals surface area contributed by atoms with Crippen molar-refractivity contribution in [2.45, 2.75) is 24.8 Å². The summed E-state index contributed by atoms with van der Waals surface area (Å²) in [5.41, 5.74) is 2.47. The van der Waals surface area contributed by atoms with Crippen molar-refractivity contribution >= 4 is 58.0 Å². The summed E-state index contributed by atoms with van der Waals surface area (Å²) in [5.74, 6) is 0. The number of hydrogen-bond acceptors (Lipinski definition) is 3. The number of benzene rings is 3. The molecule has 3 aromatic carbocycles. The zero-order chi connectivity index (χ0) is 23.4. The van der Waals surface area contributed by atoms with E-state index in [1.165, 1.54) is 5.56 Å². The number of hydrogen-bond donors (Lipinski definition) is 0. The molecular formula is C25H21Cl5N2O. The summed E-state index contributed by atoms with van der Waals surface area (Å²) in [6, 6.07) is 20.7. The lowest BCUT2D eigenvalue weighted by Crippen LogP contribution is -2.35. The monoisotopic (exact) mass is 540 g/mol. The van der Waals surface area contributed by atoms with Crippen LogP contribution in [0.3, 0.4) is 0 Å². The lowest BCUT2D eigenvalue weighted by atomic mass is 10.1. The molecule has 4 rings (SSSR count). The molecule has 1 aliphatic heterocycles. The van der Waals surface area contributed by atoms with Gasteiger partial charge in [0, 0.05) is 39.0 Å². The normalized spacial score (nSPS) is 15.2. The third-order valence-corrected chi connectivity index (χ3v) is 6.88. The van der Waals surface area contributed by atoms with Gasteiger partial charge in [-0.05, 0) is 53.1 Å². The minimum Gasteiger partial charge on any atom is -0.365 e. The number of nitrogens with zero attached hydrogens (tertiary/aromatic N) is 2. The molecule has 2 atom stereocenters. The van der Waals surface area contributed by atoms with E-state index in [9.17, 15) is 0 Å². The summed E-state index contributed by atoms with van der Waals surface area (Å²) in [4.78, 5) is 4.22. The Kier molecular flexibility index (Phi) is 8.34. The highest BCUT2D eigenvalue weighted by Gasteiger charge is 2.29. The highest BCUT2D eigenvalue weighted by atomic mass is 35.5. The maximum absolute atomic E-state index is 6.97. The second-order valence-electron chi connectivity index (χ2n) is 7.72. The van der Waals surface area contributed by atoms with Gasteiger partial charge in [-0.15, -0.1) is 0 Å². The van der Waals surface area contributed by atoms with Gasteiger partial charge in [-0.3, -0.25) is 0 Å². The van der Waals surface area contributed by atoms with Crippen LogP contribution < -0.4 is 0 Å². The van der Waals surface area contributed by atoms with Crippen molar-refractivity contribution in [3.8, 4) is 0 Å². The first-order valence-corrected chi connectivity index (χ1v) is 12.2. The Labute approximate surface area is 219 Å². The summed E-state index contributed by atoms with van der Waals surface area (Å²) >= 11 is 31.4. The smallest absolute Gasteiger partial charge is 0.135 e. The molecule has 0 aromatic heterocycles. The van der Waals surface area contributed by atoms with Gasteiger partial charge in [0.25, 0.3) is 0 Å². The maximum Gasteiger partial charge on any atom is 0.135 e. The Bertz CT molecular complexity index is 1100. The van der Waals surface area contributed by atoms with E-state index in [2.05, 4.69) is 4.90 Å². The van der Waals surface area contributed by atoms with E-state index < -0.39 is 11.6 Å². The summed E-state index contributed by atoms with van der Waals surface area (Å²) in [5, 5.41) is 2.51. The van der Waals surface area contributed by atoms with Gasteiger partial charge in [-0.25, -0.2) is 0 Å². The second kappa shape index (κ2) is 11.2. The van der Waals surface area contributed by atoms with E-state index in [1.54, 1.807) is 12.1 Å². The van der Waals surface area contributed by atoms with Gasteiger partial charge >= 0.3 is 0 Å². The number of alkyl halides is 1. The largest absolute Gasteiger partial charge is 0.365 e. The Hall–Kier alpha value is -1.59. The summed E-state index contributed by atoms with van der Waals surface area (Å²) in [6.45, 7) is 1.67. The van der Waals surface area contributed by atoms with Crippen LogP contribution >= 0.6 is 58.0 Å². The standard InChI is InChI=1S/C25H21Cl5N2O/c26-20-6-1-17(2-7-20)14-31-11-12-32(16-31)25(30)24(18-3-8-21(27)9-4-18)33-15-19-5-10-22(28)13-23(19)29/h1-13,24-25H,14-16H2. The van der Waals surface area contributed by atoms with Crippen molar-refractivity contribution in [3.63, 3.8) is 0 Å². The van der Waals surface area contributed by atoms with E-state index in [0.717, 1.165) is 22.7 Å². The molecule has 1 aliphatic rings. The van der Waals surface area contributed by atoms with Crippen LogP contribution in [-0.2, 0) is 17.9 Å². The molecule has 33 heavy (non-hydrogen) atoms. The molecule has 0 N–H and O–H groups in total. The molecule has 8 heteroatoms. The summed E-state index contributed by atoms with van der Waals surface area (Å²) in [7, 11) is 0. The predicted molar refractivity (Wildman–Crippen MR) is 138 cm³/mol. The van der Waals surface area contributed by atoms with E-state index in [-0.39, 0.29) is 0 Å². The molecule has 172 valence electrons. The first kappa shape index (κ1) is 24.5. The Balaban J connectivity index is 1.47. The van der Waals surface area contributed by atoms with Crippen molar-refractivity contribution < 1.29 is 4.74 Å². The van der Waals surface area contributed by atoms with Gasteiger partial charge in [0.15, 0.2) is 0 Å². The van der Waals surface area contributed by atoms with Crippen molar-refractivity contribution in [2.24, 2.45) is 0 Å². The average Bonchev–Trinajstić information content (AvgIpc) is 3.26. The Morgan fingerprint density at radius 1 is 0.788 bits per heavy atom. The van der Waals surface area contributed by atoms with Gasteiger partial charge in [-0.1, -0.05) is 88.3 Å². The molecule has 0 bridgehead atoms. The topological polar surface area (TPSA) is 15.7 Å². The van der Waals surface area contributed by atoms with Gasteiger partial charge in [0.1, 0.15) is 11.6 Å². The first-order valence-electron chi connectivity index (χ1n) is 10.3. The van der Waals surface area contributed by atoms with E-state index in [4.69, 9.17) is 62.7 Å². The SMILES string of the molecule is Clc1ccc(CN2C=CN(C(Cl)C(OCc3ccc(Cl)cc3Cl)c3ccc(Cl)cc3)C2)cc1. The fourth-order valence-electron chi connectivity index (χ4n) is 3.55. The molecule has 3 aromatic rings. The van der Waals surface area contributed by atoms with Crippen LogP contribution in [0.5, 0.6) is 0 Å².